The standard InChI is InChI=1S/C10H15NOS2/c1-6(2)8-5-7(11)3-4-9(8)12-10(13)14/h3-6,10,13-14H,11H2,1-2H3. The lowest BCUT2D eigenvalue weighted by atomic mass is 10.0. The van der Waals surface area contributed by atoms with E-state index >= 15 is 0 Å². The Morgan fingerprint density at radius 3 is 2.43 bits per heavy atom. The average Bonchev–Trinajstić information content (AvgIpc) is 2.07. The lowest BCUT2D eigenvalue weighted by Gasteiger charge is -2.15. The maximum Gasteiger partial charge on any atom is 0.185 e. The van der Waals surface area contributed by atoms with Gasteiger partial charge in [-0.1, -0.05) is 13.8 Å². The van der Waals surface area contributed by atoms with E-state index in [9.17, 15) is 0 Å². The molecule has 0 aliphatic carbocycles. The highest BCUT2D eigenvalue weighted by atomic mass is 32.2. The van der Waals surface area contributed by atoms with Crippen LogP contribution in [0.3, 0.4) is 0 Å². The number of anilines is 1. The number of ether oxygens (including phenoxy) is 1. The van der Waals surface area contributed by atoms with Gasteiger partial charge in [-0.25, -0.2) is 0 Å². The van der Waals surface area contributed by atoms with Crippen molar-refractivity contribution in [2.24, 2.45) is 0 Å². The highest BCUT2D eigenvalue weighted by Crippen LogP contribution is 2.29. The molecular weight excluding hydrogens is 214 g/mol. The first kappa shape index (κ1) is 11.6. The van der Waals surface area contributed by atoms with E-state index in [0.29, 0.717) is 5.92 Å². The maximum absolute atomic E-state index is 5.70. The second-order valence-electron chi connectivity index (χ2n) is 3.40. The summed E-state index contributed by atoms with van der Waals surface area (Å²) in [6.07, 6.45) is 0. The van der Waals surface area contributed by atoms with E-state index in [1.54, 1.807) is 0 Å². The topological polar surface area (TPSA) is 35.2 Å². The van der Waals surface area contributed by atoms with E-state index in [4.69, 9.17) is 10.5 Å². The highest BCUT2D eigenvalue weighted by Gasteiger charge is 2.09. The van der Waals surface area contributed by atoms with Crippen LogP contribution >= 0.6 is 25.3 Å². The van der Waals surface area contributed by atoms with Gasteiger partial charge in [-0.3, -0.25) is 0 Å². The number of hydrogen-bond acceptors (Lipinski definition) is 4. The Kier molecular flexibility index (Phi) is 4.01. The number of thiol groups is 2. The molecule has 0 fully saturated rings. The first-order chi connectivity index (χ1) is 6.50. The van der Waals surface area contributed by atoms with Crippen molar-refractivity contribution in [3.8, 4) is 5.75 Å². The second kappa shape index (κ2) is 4.84. The van der Waals surface area contributed by atoms with Gasteiger partial charge >= 0.3 is 0 Å². The van der Waals surface area contributed by atoms with Gasteiger partial charge in [-0.2, -0.15) is 0 Å². The Morgan fingerprint density at radius 2 is 1.93 bits per heavy atom. The molecule has 1 aromatic carbocycles. The molecule has 0 unspecified atom stereocenters. The summed E-state index contributed by atoms with van der Waals surface area (Å²) in [6.45, 7) is 4.18. The summed E-state index contributed by atoms with van der Waals surface area (Å²) < 4.78 is 5.03. The quantitative estimate of drug-likeness (QED) is 0.423. The third-order valence-corrected chi connectivity index (χ3v) is 2.10. The lowest BCUT2D eigenvalue weighted by molar-refractivity contribution is 0.363. The molecule has 0 aliphatic heterocycles. The van der Waals surface area contributed by atoms with Gasteiger partial charge in [0.1, 0.15) is 5.75 Å². The summed E-state index contributed by atoms with van der Waals surface area (Å²) >= 11 is 8.12. The predicted molar refractivity (Wildman–Crippen MR) is 67.3 cm³/mol. The molecule has 0 saturated carbocycles. The van der Waals surface area contributed by atoms with Crippen molar-refractivity contribution >= 4 is 30.9 Å². The third-order valence-electron chi connectivity index (χ3n) is 1.89. The summed E-state index contributed by atoms with van der Waals surface area (Å²) in [5.74, 6) is 1.16. The van der Waals surface area contributed by atoms with Crippen molar-refractivity contribution in [2.75, 3.05) is 5.73 Å². The van der Waals surface area contributed by atoms with Crippen LogP contribution in [0.25, 0.3) is 0 Å². The fourth-order valence-corrected chi connectivity index (χ4v) is 1.47. The molecule has 2 N–H and O–H groups in total. The number of nitrogens with two attached hydrogens (primary N) is 1. The van der Waals surface area contributed by atoms with Crippen LogP contribution in [-0.2, 0) is 0 Å². The van der Waals surface area contributed by atoms with Crippen molar-refractivity contribution in [3.63, 3.8) is 0 Å². The first-order valence-corrected chi connectivity index (χ1v) is 5.46. The molecule has 0 saturated heterocycles. The van der Waals surface area contributed by atoms with E-state index in [1.165, 1.54) is 0 Å². The zero-order valence-corrected chi connectivity index (χ0v) is 10.1. The minimum Gasteiger partial charge on any atom is -0.470 e. The molecule has 78 valence electrons. The molecular formula is C10H15NOS2. The summed E-state index contributed by atoms with van der Waals surface area (Å²) in [6, 6.07) is 5.58. The van der Waals surface area contributed by atoms with Crippen LogP contribution in [-0.4, -0.2) is 4.77 Å². The number of hydrogen-bond donors (Lipinski definition) is 3. The number of benzene rings is 1. The Morgan fingerprint density at radius 1 is 1.29 bits per heavy atom. The minimum absolute atomic E-state index is 0.369. The Bertz CT molecular complexity index is 313. The highest BCUT2D eigenvalue weighted by molar-refractivity contribution is 7.98. The fourth-order valence-electron chi connectivity index (χ4n) is 1.24. The summed E-state index contributed by atoms with van der Waals surface area (Å²) in [5, 5.41) is 0. The smallest absolute Gasteiger partial charge is 0.185 e. The van der Waals surface area contributed by atoms with Crippen molar-refractivity contribution < 1.29 is 4.74 Å². The average molecular weight is 229 g/mol. The van der Waals surface area contributed by atoms with Gasteiger partial charge in [-0.15, -0.1) is 25.3 Å². The van der Waals surface area contributed by atoms with Crippen molar-refractivity contribution in [2.45, 2.75) is 24.5 Å². The summed E-state index contributed by atoms with van der Waals surface area (Å²) in [5.41, 5.74) is 7.53. The van der Waals surface area contributed by atoms with Crippen molar-refractivity contribution in [3.05, 3.63) is 23.8 Å². The third kappa shape index (κ3) is 3.03. The van der Waals surface area contributed by atoms with E-state index in [-0.39, 0.29) is 0 Å². The van der Waals surface area contributed by atoms with Crippen LogP contribution in [0, 0.1) is 0 Å². The summed E-state index contributed by atoms with van der Waals surface area (Å²) in [7, 11) is 0. The van der Waals surface area contributed by atoms with E-state index in [2.05, 4.69) is 39.1 Å². The van der Waals surface area contributed by atoms with E-state index < -0.39 is 4.77 Å². The number of nitrogen functional groups attached to an aromatic ring is 1. The van der Waals surface area contributed by atoms with Gasteiger partial charge in [0.25, 0.3) is 0 Å². The molecule has 0 aromatic heterocycles. The van der Waals surface area contributed by atoms with Gasteiger partial charge in [0.15, 0.2) is 4.77 Å². The Balaban J connectivity index is 3.02. The monoisotopic (exact) mass is 229 g/mol. The van der Waals surface area contributed by atoms with Gasteiger partial charge in [0, 0.05) is 5.69 Å². The first-order valence-electron chi connectivity index (χ1n) is 4.43. The molecule has 2 nitrogen and oxygen atoms in total. The fraction of sp³-hybridized carbons (Fsp3) is 0.400. The molecule has 0 radical (unpaired) electrons. The molecule has 0 spiro atoms. The van der Waals surface area contributed by atoms with Crippen LogP contribution in [0.1, 0.15) is 25.3 Å². The van der Waals surface area contributed by atoms with E-state index in [0.717, 1.165) is 17.0 Å². The van der Waals surface area contributed by atoms with Crippen LogP contribution in [0.4, 0.5) is 5.69 Å². The van der Waals surface area contributed by atoms with Gasteiger partial charge in [-0.05, 0) is 29.7 Å². The summed E-state index contributed by atoms with van der Waals surface area (Å²) in [4.78, 5) is 0. The molecule has 0 amide bonds. The molecule has 1 aromatic rings. The van der Waals surface area contributed by atoms with Crippen LogP contribution in [0.2, 0.25) is 0 Å². The lowest BCUT2D eigenvalue weighted by Crippen LogP contribution is -2.04. The van der Waals surface area contributed by atoms with Gasteiger partial charge < -0.3 is 10.5 Å². The minimum atomic E-state index is -0.406. The van der Waals surface area contributed by atoms with Crippen LogP contribution in [0.15, 0.2) is 18.2 Å². The molecule has 0 heterocycles. The SMILES string of the molecule is CC(C)c1cc(N)ccc1OC(S)S. The molecule has 0 aliphatic rings. The van der Waals surface area contributed by atoms with E-state index in [1.807, 2.05) is 18.2 Å². The second-order valence-corrected chi connectivity index (χ2v) is 4.74. The molecule has 0 atom stereocenters. The molecule has 0 bridgehead atoms. The van der Waals surface area contributed by atoms with Crippen LogP contribution < -0.4 is 10.5 Å². The zero-order valence-electron chi connectivity index (χ0n) is 8.27. The Labute approximate surface area is 95.7 Å². The van der Waals surface area contributed by atoms with Gasteiger partial charge in [0.2, 0.25) is 0 Å². The maximum atomic E-state index is 5.70. The molecule has 1 rings (SSSR count). The normalized spacial score (nSPS) is 11.0. The molecule has 4 heteroatoms. The zero-order chi connectivity index (χ0) is 10.7. The predicted octanol–water partition coefficient (Wildman–Crippen LogP) is 2.91. The Hall–Kier alpha value is -0.480. The largest absolute Gasteiger partial charge is 0.470 e. The molecule has 14 heavy (non-hydrogen) atoms. The van der Waals surface area contributed by atoms with Crippen molar-refractivity contribution in [1.82, 2.24) is 0 Å². The van der Waals surface area contributed by atoms with Gasteiger partial charge in [0.05, 0.1) is 0 Å². The van der Waals surface area contributed by atoms with Crippen LogP contribution in [0.5, 0.6) is 5.75 Å². The van der Waals surface area contributed by atoms with Crippen molar-refractivity contribution in [1.29, 1.82) is 0 Å². The number of rotatable bonds is 3.